The monoisotopic (exact) mass is 222 g/mol. The van der Waals surface area contributed by atoms with Crippen molar-refractivity contribution in [2.45, 2.75) is 33.8 Å². The highest BCUT2D eigenvalue weighted by Crippen LogP contribution is 2.20. The Morgan fingerprint density at radius 3 is 2.75 bits per heavy atom. The van der Waals surface area contributed by atoms with Crippen LogP contribution < -0.4 is 5.32 Å². The second-order valence-electron chi connectivity index (χ2n) is 4.98. The lowest BCUT2D eigenvalue weighted by molar-refractivity contribution is -0.117. The molecule has 0 unspecified atom stereocenters. The molecule has 0 aromatic carbocycles. The van der Waals surface area contributed by atoms with Crippen LogP contribution in [-0.4, -0.2) is 16.0 Å². The second-order valence-corrected chi connectivity index (χ2v) is 4.98. The summed E-state index contributed by atoms with van der Waals surface area (Å²) in [7, 11) is 0. The van der Waals surface area contributed by atoms with Gasteiger partial charge in [-0.1, -0.05) is 20.8 Å². The minimum absolute atomic E-state index is 0.0499. The Balaban J connectivity index is 2.70. The normalized spacial score (nSPS) is 11.2. The maximum Gasteiger partial charge on any atom is 0.224 e. The minimum atomic E-state index is -0.104. The van der Waals surface area contributed by atoms with Crippen LogP contribution in [0.25, 0.3) is 0 Å². The molecule has 1 aromatic rings. The van der Waals surface area contributed by atoms with Gasteiger partial charge in [0.25, 0.3) is 0 Å². The van der Waals surface area contributed by atoms with Crippen molar-refractivity contribution in [3.05, 3.63) is 24.0 Å². The summed E-state index contributed by atoms with van der Waals surface area (Å²) in [5, 5.41) is 11.8. The highest BCUT2D eigenvalue weighted by molar-refractivity contribution is 5.91. The van der Waals surface area contributed by atoms with Gasteiger partial charge >= 0.3 is 0 Å². The summed E-state index contributed by atoms with van der Waals surface area (Å²) < 4.78 is 0. The summed E-state index contributed by atoms with van der Waals surface area (Å²) in [6, 6.07) is 1.69. The van der Waals surface area contributed by atoms with E-state index in [0.717, 1.165) is 0 Å². The van der Waals surface area contributed by atoms with Crippen LogP contribution >= 0.6 is 0 Å². The molecule has 2 N–H and O–H groups in total. The van der Waals surface area contributed by atoms with E-state index < -0.39 is 0 Å². The van der Waals surface area contributed by atoms with Gasteiger partial charge < -0.3 is 10.4 Å². The molecule has 1 aromatic heterocycles. The topological polar surface area (TPSA) is 62.2 Å². The summed E-state index contributed by atoms with van der Waals surface area (Å²) >= 11 is 0. The van der Waals surface area contributed by atoms with Gasteiger partial charge in [-0.15, -0.1) is 0 Å². The lowest BCUT2D eigenvalue weighted by Crippen LogP contribution is -2.20. The number of aliphatic hydroxyl groups excluding tert-OH is 1. The molecular weight excluding hydrogens is 204 g/mol. The van der Waals surface area contributed by atoms with Gasteiger partial charge in [0, 0.05) is 18.2 Å². The molecule has 0 spiro atoms. The number of carbonyl (C=O) groups is 1. The van der Waals surface area contributed by atoms with Gasteiger partial charge in [0.2, 0.25) is 5.91 Å². The molecule has 1 heterocycles. The van der Waals surface area contributed by atoms with E-state index in [2.05, 4.69) is 10.3 Å². The lowest BCUT2D eigenvalue weighted by Gasteiger charge is -2.17. The molecule has 0 bridgehead atoms. The number of hydrogen-bond acceptors (Lipinski definition) is 3. The van der Waals surface area contributed by atoms with Crippen molar-refractivity contribution in [3.8, 4) is 0 Å². The second kappa shape index (κ2) is 5.07. The number of aliphatic hydroxyl groups is 1. The van der Waals surface area contributed by atoms with Crippen molar-refractivity contribution in [1.29, 1.82) is 0 Å². The SMILES string of the molecule is CC(C)(C)CC(=O)Nc1cnccc1CO. The van der Waals surface area contributed by atoms with E-state index in [0.29, 0.717) is 17.7 Å². The largest absolute Gasteiger partial charge is 0.392 e. The molecule has 1 rings (SSSR count). The highest BCUT2D eigenvalue weighted by atomic mass is 16.3. The van der Waals surface area contributed by atoms with E-state index in [1.807, 2.05) is 20.8 Å². The summed E-state index contributed by atoms with van der Waals surface area (Å²) in [5.74, 6) is -0.0600. The number of hydrogen-bond donors (Lipinski definition) is 2. The molecule has 0 aliphatic heterocycles. The number of anilines is 1. The van der Waals surface area contributed by atoms with Crippen LogP contribution in [0.1, 0.15) is 32.8 Å². The van der Waals surface area contributed by atoms with Gasteiger partial charge in [0.15, 0.2) is 0 Å². The van der Waals surface area contributed by atoms with E-state index in [1.165, 1.54) is 0 Å². The third-order valence-corrected chi connectivity index (χ3v) is 2.05. The van der Waals surface area contributed by atoms with E-state index in [-0.39, 0.29) is 17.9 Å². The van der Waals surface area contributed by atoms with Gasteiger partial charge in [-0.2, -0.15) is 0 Å². The number of aromatic nitrogens is 1. The van der Waals surface area contributed by atoms with Crippen LogP contribution in [0.4, 0.5) is 5.69 Å². The Hall–Kier alpha value is -1.42. The first-order valence-corrected chi connectivity index (χ1v) is 5.26. The average Bonchev–Trinajstić information content (AvgIpc) is 2.15. The fourth-order valence-electron chi connectivity index (χ4n) is 1.35. The quantitative estimate of drug-likeness (QED) is 0.821. The molecule has 1 amide bonds. The summed E-state index contributed by atoms with van der Waals surface area (Å²) in [5.41, 5.74) is 1.21. The number of pyridine rings is 1. The maximum absolute atomic E-state index is 11.7. The zero-order chi connectivity index (χ0) is 12.2. The van der Waals surface area contributed by atoms with Crippen LogP contribution in [0.2, 0.25) is 0 Å². The van der Waals surface area contributed by atoms with Crippen LogP contribution in [0.5, 0.6) is 0 Å². The molecular formula is C12H18N2O2. The van der Waals surface area contributed by atoms with Gasteiger partial charge in [-0.3, -0.25) is 9.78 Å². The van der Waals surface area contributed by atoms with Crippen LogP contribution in [-0.2, 0) is 11.4 Å². The molecule has 16 heavy (non-hydrogen) atoms. The molecule has 4 nitrogen and oxygen atoms in total. The standard InChI is InChI=1S/C12H18N2O2/c1-12(2,3)6-11(16)14-10-7-13-5-4-9(10)8-15/h4-5,7,15H,6,8H2,1-3H3,(H,14,16). The number of amides is 1. The van der Waals surface area contributed by atoms with Crippen molar-refractivity contribution in [3.63, 3.8) is 0 Å². The first-order valence-electron chi connectivity index (χ1n) is 5.26. The zero-order valence-corrected chi connectivity index (χ0v) is 9.95. The third-order valence-electron chi connectivity index (χ3n) is 2.05. The lowest BCUT2D eigenvalue weighted by atomic mass is 9.92. The predicted molar refractivity (Wildman–Crippen MR) is 62.9 cm³/mol. The Labute approximate surface area is 95.7 Å². The summed E-state index contributed by atoms with van der Waals surface area (Å²) in [6.45, 7) is 5.90. The van der Waals surface area contributed by atoms with Gasteiger partial charge in [0.1, 0.15) is 0 Å². The first kappa shape index (κ1) is 12.6. The zero-order valence-electron chi connectivity index (χ0n) is 9.95. The smallest absolute Gasteiger partial charge is 0.224 e. The van der Waals surface area contributed by atoms with Crippen molar-refractivity contribution in [2.75, 3.05) is 5.32 Å². The molecule has 0 radical (unpaired) electrons. The summed E-state index contributed by atoms with van der Waals surface area (Å²) in [4.78, 5) is 15.6. The Bertz CT molecular complexity index is 370. The third kappa shape index (κ3) is 3.98. The van der Waals surface area contributed by atoms with Crippen molar-refractivity contribution < 1.29 is 9.90 Å². The number of carbonyl (C=O) groups excluding carboxylic acids is 1. The predicted octanol–water partition coefficient (Wildman–Crippen LogP) is 1.95. The Morgan fingerprint density at radius 1 is 1.50 bits per heavy atom. The van der Waals surface area contributed by atoms with Crippen molar-refractivity contribution >= 4 is 11.6 Å². The Kier molecular flexibility index (Phi) is 4.01. The van der Waals surface area contributed by atoms with Crippen molar-refractivity contribution in [2.24, 2.45) is 5.41 Å². The van der Waals surface area contributed by atoms with E-state index in [9.17, 15) is 4.79 Å². The molecule has 0 fully saturated rings. The summed E-state index contributed by atoms with van der Waals surface area (Å²) in [6.07, 6.45) is 3.57. The van der Waals surface area contributed by atoms with Crippen LogP contribution in [0, 0.1) is 5.41 Å². The Morgan fingerprint density at radius 2 is 2.19 bits per heavy atom. The minimum Gasteiger partial charge on any atom is -0.392 e. The molecule has 0 aliphatic carbocycles. The molecule has 88 valence electrons. The first-order chi connectivity index (χ1) is 7.42. The van der Waals surface area contributed by atoms with E-state index >= 15 is 0 Å². The fraction of sp³-hybridized carbons (Fsp3) is 0.500. The highest BCUT2D eigenvalue weighted by Gasteiger charge is 2.16. The van der Waals surface area contributed by atoms with E-state index in [4.69, 9.17) is 5.11 Å². The molecule has 4 heteroatoms. The number of rotatable bonds is 3. The maximum atomic E-state index is 11.7. The van der Waals surface area contributed by atoms with Gasteiger partial charge in [-0.05, 0) is 11.5 Å². The van der Waals surface area contributed by atoms with Crippen LogP contribution in [0.3, 0.4) is 0 Å². The molecule has 0 saturated carbocycles. The van der Waals surface area contributed by atoms with E-state index in [1.54, 1.807) is 18.5 Å². The number of nitrogens with zero attached hydrogens (tertiary/aromatic N) is 1. The molecule has 0 atom stereocenters. The fourth-order valence-corrected chi connectivity index (χ4v) is 1.35. The number of nitrogens with one attached hydrogen (secondary N) is 1. The van der Waals surface area contributed by atoms with Gasteiger partial charge in [0.05, 0.1) is 18.5 Å². The molecule has 0 aliphatic rings. The van der Waals surface area contributed by atoms with Crippen molar-refractivity contribution in [1.82, 2.24) is 4.98 Å². The van der Waals surface area contributed by atoms with Crippen LogP contribution in [0.15, 0.2) is 18.5 Å². The average molecular weight is 222 g/mol. The van der Waals surface area contributed by atoms with Gasteiger partial charge in [-0.25, -0.2) is 0 Å². The molecule has 0 saturated heterocycles.